The molecule has 0 spiro atoms. The number of hydrogen-bond donors (Lipinski definition) is 2. The molecule has 3 N–H and O–H groups in total. The van der Waals surface area contributed by atoms with Crippen molar-refractivity contribution in [1.82, 2.24) is 4.90 Å². The maximum Gasteiger partial charge on any atom is 0.326 e. The molecule has 3 atom stereocenters. The predicted octanol–water partition coefficient (Wildman–Crippen LogP) is -0.625. The number of carbonyl (C=O) groups is 2. The third kappa shape index (κ3) is 2.99. The molecule has 1 fully saturated rings. The largest absolute Gasteiger partial charge is 0.480 e. The van der Waals surface area contributed by atoms with E-state index in [2.05, 4.69) is 0 Å². The summed E-state index contributed by atoms with van der Waals surface area (Å²) in [6.07, 6.45) is 0.347. The number of aliphatic carboxylic acids is 1. The predicted molar refractivity (Wildman–Crippen MR) is 64.1 cm³/mol. The van der Waals surface area contributed by atoms with Gasteiger partial charge < -0.3 is 10.0 Å². The molecule has 18 heavy (non-hydrogen) atoms. The van der Waals surface area contributed by atoms with Crippen LogP contribution in [0.5, 0.6) is 0 Å². The molecular formula is C10H18N2O5S. The van der Waals surface area contributed by atoms with Crippen LogP contribution in [0, 0.1) is 5.92 Å². The summed E-state index contributed by atoms with van der Waals surface area (Å²) in [6.45, 7) is 3.40. The SMILES string of the molecule is CC[C@H](C)[C@@H](C(=O)O)N1CC(S(N)(=O)=O)CC1=O. The number of carbonyl (C=O) groups excluding carboxylic acids is 1. The van der Waals surface area contributed by atoms with Gasteiger partial charge >= 0.3 is 5.97 Å². The van der Waals surface area contributed by atoms with Gasteiger partial charge in [-0.3, -0.25) is 4.79 Å². The average molecular weight is 278 g/mol. The zero-order chi connectivity index (χ0) is 14.1. The molecule has 8 heteroatoms. The standard InChI is InChI=1S/C10H18N2O5S/c1-3-6(2)9(10(14)15)12-5-7(4-8(12)13)18(11,16)17/h6-7,9H,3-5H2,1-2H3,(H,14,15)(H2,11,16,17)/t6-,7?,9-/m0/s1. The molecule has 1 aliphatic rings. The lowest BCUT2D eigenvalue weighted by Gasteiger charge is -2.28. The van der Waals surface area contributed by atoms with Crippen LogP contribution in [0.1, 0.15) is 26.7 Å². The van der Waals surface area contributed by atoms with Gasteiger partial charge in [-0.15, -0.1) is 0 Å². The van der Waals surface area contributed by atoms with Gasteiger partial charge in [0.1, 0.15) is 11.3 Å². The summed E-state index contributed by atoms with van der Waals surface area (Å²) in [5, 5.41) is 13.2. The Balaban J connectivity index is 2.95. The van der Waals surface area contributed by atoms with Crippen molar-refractivity contribution in [2.45, 2.75) is 38.0 Å². The van der Waals surface area contributed by atoms with E-state index < -0.39 is 33.2 Å². The summed E-state index contributed by atoms with van der Waals surface area (Å²) < 4.78 is 22.4. The highest BCUT2D eigenvalue weighted by Crippen LogP contribution is 2.24. The van der Waals surface area contributed by atoms with Crippen molar-refractivity contribution in [3.63, 3.8) is 0 Å². The van der Waals surface area contributed by atoms with Crippen LogP contribution in [0.2, 0.25) is 0 Å². The van der Waals surface area contributed by atoms with Crippen molar-refractivity contribution < 1.29 is 23.1 Å². The first-order chi connectivity index (χ1) is 8.18. The Morgan fingerprint density at radius 2 is 2.17 bits per heavy atom. The lowest BCUT2D eigenvalue weighted by molar-refractivity contribution is -0.150. The first-order valence-corrected chi connectivity index (χ1v) is 7.33. The molecule has 0 aromatic carbocycles. The molecule has 1 saturated heterocycles. The summed E-state index contributed by atoms with van der Waals surface area (Å²) in [5.41, 5.74) is 0. The Bertz CT molecular complexity index is 447. The number of nitrogens with zero attached hydrogens (tertiary/aromatic N) is 1. The fourth-order valence-electron chi connectivity index (χ4n) is 2.09. The number of amides is 1. The van der Waals surface area contributed by atoms with Crippen LogP contribution in [0.3, 0.4) is 0 Å². The van der Waals surface area contributed by atoms with Crippen molar-refractivity contribution in [3.8, 4) is 0 Å². The molecule has 0 radical (unpaired) electrons. The summed E-state index contributed by atoms with van der Waals surface area (Å²) in [5.74, 6) is -1.83. The molecule has 0 aliphatic carbocycles. The molecule has 0 aromatic rings. The summed E-state index contributed by atoms with van der Waals surface area (Å²) >= 11 is 0. The van der Waals surface area contributed by atoms with E-state index in [4.69, 9.17) is 10.2 Å². The van der Waals surface area contributed by atoms with E-state index in [1.54, 1.807) is 6.92 Å². The van der Waals surface area contributed by atoms with E-state index in [0.29, 0.717) is 6.42 Å². The van der Waals surface area contributed by atoms with E-state index in [9.17, 15) is 18.0 Å². The average Bonchev–Trinajstić information content (AvgIpc) is 2.60. The van der Waals surface area contributed by atoms with Gasteiger partial charge in [0, 0.05) is 13.0 Å². The smallest absolute Gasteiger partial charge is 0.326 e. The highest BCUT2D eigenvalue weighted by atomic mass is 32.2. The minimum atomic E-state index is -3.82. The van der Waals surface area contributed by atoms with Gasteiger partial charge in [-0.25, -0.2) is 18.4 Å². The van der Waals surface area contributed by atoms with E-state index in [0.717, 1.165) is 4.90 Å². The Labute approximate surface area is 106 Å². The molecule has 1 rings (SSSR count). The van der Waals surface area contributed by atoms with E-state index >= 15 is 0 Å². The fraction of sp³-hybridized carbons (Fsp3) is 0.800. The second kappa shape index (κ2) is 5.23. The van der Waals surface area contributed by atoms with Gasteiger partial charge in [0.15, 0.2) is 0 Å². The van der Waals surface area contributed by atoms with Crippen LogP contribution in [-0.4, -0.2) is 48.1 Å². The quantitative estimate of drug-likeness (QED) is 0.694. The van der Waals surface area contributed by atoms with Crippen LogP contribution in [0.4, 0.5) is 0 Å². The number of likely N-dealkylation sites (tertiary alicyclic amines) is 1. The van der Waals surface area contributed by atoms with Gasteiger partial charge in [-0.05, 0) is 5.92 Å². The lowest BCUT2D eigenvalue weighted by Crippen LogP contribution is -2.47. The maximum atomic E-state index is 11.7. The number of carboxylic acid groups (broad SMARTS) is 1. The molecule has 104 valence electrons. The first kappa shape index (κ1) is 14.9. The van der Waals surface area contributed by atoms with Gasteiger partial charge in [0.2, 0.25) is 15.9 Å². The molecule has 0 saturated carbocycles. The molecule has 0 bridgehead atoms. The van der Waals surface area contributed by atoms with Crippen molar-refractivity contribution in [2.75, 3.05) is 6.54 Å². The molecule has 1 amide bonds. The van der Waals surface area contributed by atoms with Crippen molar-refractivity contribution in [1.29, 1.82) is 0 Å². The zero-order valence-electron chi connectivity index (χ0n) is 10.4. The molecule has 1 aliphatic heterocycles. The van der Waals surface area contributed by atoms with E-state index in [1.165, 1.54) is 0 Å². The van der Waals surface area contributed by atoms with Crippen LogP contribution in [0.25, 0.3) is 0 Å². The number of nitrogens with two attached hydrogens (primary N) is 1. The maximum absolute atomic E-state index is 11.7. The van der Waals surface area contributed by atoms with Crippen LogP contribution in [-0.2, 0) is 19.6 Å². The monoisotopic (exact) mass is 278 g/mol. The van der Waals surface area contributed by atoms with Crippen molar-refractivity contribution in [2.24, 2.45) is 11.1 Å². The first-order valence-electron chi connectivity index (χ1n) is 5.72. The van der Waals surface area contributed by atoms with Crippen LogP contribution in [0.15, 0.2) is 0 Å². The molecule has 1 heterocycles. The van der Waals surface area contributed by atoms with Gasteiger partial charge in [0.25, 0.3) is 0 Å². The van der Waals surface area contributed by atoms with Gasteiger partial charge in [-0.1, -0.05) is 20.3 Å². The number of carboxylic acids is 1. The van der Waals surface area contributed by atoms with Crippen LogP contribution < -0.4 is 5.14 Å². The third-order valence-electron chi connectivity index (χ3n) is 3.36. The van der Waals surface area contributed by atoms with Crippen LogP contribution >= 0.6 is 0 Å². The fourth-order valence-corrected chi connectivity index (χ4v) is 2.84. The van der Waals surface area contributed by atoms with E-state index in [-0.39, 0.29) is 18.9 Å². The normalized spacial score (nSPS) is 24.1. The Morgan fingerprint density at radius 1 is 1.61 bits per heavy atom. The van der Waals surface area contributed by atoms with E-state index in [1.807, 2.05) is 6.92 Å². The van der Waals surface area contributed by atoms with Crippen molar-refractivity contribution >= 4 is 21.9 Å². The summed E-state index contributed by atoms with van der Waals surface area (Å²) in [7, 11) is -3.82. The van der Waals surface area contributed by atoms with Gasteiger partial charge in [-0.2, -0.15) is 0 Å². The highest BCUT2D eigenvalue weighted by Gasteiger charge is 2.43. The molecule has 0 aromatic heterocycles. The number of rotatable bonds is 5. The third-order valence-corrected chi connectivity index (χ3v) is 4.60. The van der Waals surface area contributed by atoms with Crippen molar-refractivity contribution in [3.05, 3.63) is 0 Å². The second-order valence-electron chi connectivity index (χ2n) is 4.63. The lowest BCUT2D eigenvalue weighted by atomic mass is 9.98. The molecule has 1 unspecified atom stereocenters. The minimum Gasteiger partial charge on any atom is -0.480 e. The minimum absolute atomic E-state index is 0.140. The Hall–Kier alpha value is -1.15. The number of sulfonamides is 1. The topological polar surface area (TPSA) is 118 Å². The molecular weight excluding hydrogens is 260 g/mol. The van der Waals surface area contributed by atoms with Gasteiger partial charge in [0.05, 0.1) is 0 Å². The Kier molecular flexibility index (Phi) is 4.33. The Morgan fingerprint density at radius 3 is 2.50 bits per heavy atom. The summed E-state index contributed by atoms with van der Waals surface area (Å²) in [4.78, 5) is 24.1. The zero-order valence-corrected chi connectivity index (χ0v) is 11.2. The highest BCUT2D eigenvalue weighted by molar-refractivity contribution is 7.89. The molecule has 7 nitrogen and oxygen atoms in total. The second-order valence-corrected chi connectivity index (χ2v) is 6.47. The number of primary sulfonamides is 1. The number of hydrogen-bond acceptors (Lipinski definition) is 4. The summed E-state index contributed by atoms with van der Waals surface area (Å²) in [6, 6.07) is -0.991.